The molecule has 6 aromatic carbocycles. The fourth-order valence-electron chi connectivity index (χ4n) is 6.61. The highest BCUT2D eigenvalue weighted by atomic mass is 16.3. The molecular weight excluding hydrogens is 536 g/mol. The van der Waals surface area contributed by atoms with Gasteiger partial charge in [0, 0.05) is 19.0 Å². The molecule has 8 aromatic rings. The third kappa shape index (κ3) is 3.93. The molecule has 0 fully saturated rings. The number of aromatic nitrogens is 2. The van der Waals surface area contributed by atoms with Crippen molar-refractivity contribution < 1.29 is 17.2 Å². The third-order valence-electron chi connectivity index (χ3n) is 8.71. The van der Waals surface area contributed by atoms with E-state index >= 15 is 0 Å². The molecule has 0 saturated heterocycles. The molecule has 0 aliphatic rings. The number of imidazole rings is 1. The van der Waals surface area contributed by atoms with Crippen LogP contribution in [0.2, 0.25) is 0 Å². The molecule has 8 rings (SSSR count). The summed E-state index contributed by atoms with van der Waals surface area (Å²) in [5.74, 6) is 0.607. The zero-order valence-corrected chi connectivity index (χ0v) is 24.4. The van der Waals surface area contributed by atoms with Crippen LogP contribution in [-0.2, 0) is 7.05 Å². The van der Waals surface area contributed by atoms with Crippen molar-refractivity contribution in [3.05, 3.63) is 144 Å². The molecule has 212 valence electrons. The Morgan fingerprint density at radius 3 is 2.07 bits per heavy atom. The Bertz CT molecular complexity index is 2550. The quantitative estimate of drug-likeness (QED) is 0.191. The normalized spacial score (nSPS) is 14.2. The minimum absolute atomic E-state index is 0.0426. The van der Waals surface area contributed by atoms with Crippen molar-refractivity contribution in [1.29, 1.82) is 0 Å². The summed E-state index contributed by atoms with van der Waals surface area (Å²) in [6, 6.07) is 40.9. The van der Waals surface area contributed by atoms with Crippen LogP contribution in [0.4, 0.5) is 0 Å². The maximum Gasteiger partial charge on any atom is 0.299 e. The predicted molar refractivity (Wildman–Crippen MR) is 182 cm³/mol. The van der Waals surface area contributed by atoms with Gasteiger partial charge in [0.05, 0.1) is 7.05 Å². The van der Waals surface area contributed by atoms with E-state index in [0.717, 1.165) is 49.7 Å². The SMILES string of the molecule is [2H]C([2H])([2H])c1cccc(C([2H])([2H])[2H])c1-n1c(-c2c(C)c(-c3ccccc3)cc3c2oc2ccc(-c4ccccc4)cc23)[n+](C)c2ccccc21. The first-order chi connectivity index (χ1) is 23.9. The Hall–Kier alpha value is -5.41. The number of rotatable bonds is 4. The molecule has 2 aromatic heterocycles. The molecule has 0 saturated carbocycles. The van der Waals surface area contributed by atoms with Gasteiger partial charge >= 0.3 is 0 Å². The van der Waals surface area contributed by atoms with E-state index in [2.05, 4.69) is 42.5 Å². The summed E-state index contributed by atoms with van der Waals surface area (Å²) in [5.41, 5.74) is 8.65. The topological polar surface area (TPSA) is 21.9 Å². The van der Waals surface area contributed by atoms with Crippen LogP contribution in [0.3, 0.4) is 0 Å². The second kappa shape index (κ2) is 10.1. The molecule has 2 heterocycles. The first-order valence-electron chi connectivity index (χ1n) is 17.7. The highest BCUT2D eigenvalue weighted by Gasteiger charge is 2.32. The number of aryl methyl sites for hydroxylation is 3. The van der Waals surface area contributed by atoms with Crippen molar-refractivity contribution in [3.63, 3.8) is 0 Å². The number of hydrogen-bond donors (Lipinski definition) is 0. The van der Waals surface area contributed by atoms with Crippen molar-refractivity contribution >= 4 is 33.0 Å². The number of benzene rings is 6. The van der Waals surface area contributed by atoms with Gasteiger partial charge < -0.3 is 4.42 Å². The van der Waals surface area contributed by atoms with Crippen LogP contribution in [0, 0.1) is 20.6 Å². The lowest BCUT2D eigenvalue weighted by molar-refractivity contribution is -0.633. The smallest absolute Gasteiger partial charge is 0.299 e. The van der Waals surface area contributed by atoms with E-state index in [1.807, 2.05) is 89.8 Å². The van der Waals surface area contributed by atoms with Gasteiger partial charge in [-0.1, -0.05) is 97.1 Å². The molecule has 3 nitrogen and oxygen atoms in total. The van der Waals surface area contributed by atoms with Gasteiger partial charge in [-0.3, -0.25) is 0 Å². The van der Waals surface area contributed by atoms with E-state index in [4.69, 9.17) is 12.6 Å². The van der Waals surface area contributed by atoms with E-state index in [1.165, 1.54) is 18.2 Å². The Labute approximate surface area is 265 Å². The van der Waals surface area contributed by atoms with Crippen LogP contribution in [0.1, 0.15) is 24.9 Å². The average Bonchev–Trinajstić information content (AvgIpc) is 3.61. The number of fused-ring (bicyclic) bond motifs is 4. The van der Waals surface area contributed by atoms with Gasteiger partial charge in [-0.2, -0.15) is 4.57 Å². The first-order valence-corrected chi connectivity index (χ1v) is 14.7. The average molecular weight is 576 g/mol. The molecule has 0 N–H and O–H groups in total. The maximum atomic E-state index is 8.55. The number of para-hydroxylation sites is 3. The lowest BCUT2D eigenvalue weighted by atomic mass is 9.92. The minimum atomic E-state index is -2.60. The van der Waals surface area contributed by atoms with Crippen molar-refractivity contribution in [3.8, 4) is 39.3 Å². The summed E-state index contributed by atoms with van der Waals surface area (Å²) in [6.07, 6.45) is 0. The summed E-state index contributed by atoms with van der Waals surface area (Å²) in [7, 11) is 1.93. The molecule has 0 aliphatic carbocycles. The molecule has 0 spiro atoms. The Morgan fingerprint density at radius 2 is 1.34 bits per heavy atom. The van der Waals surface area contributed by atoms with Crippen molar-refractivity contribution in [1.82, 2.24) is 4.57 Å². The molecule has 0 unspecified atom stereocenters. The molecule has 44 heavy (non-hydrogen) atoms. The van der Waals surface area contributed by atoms with Crippen LogP contribution >= 0.6 is 0 Å². The highest BCUT2D eigenvalue weighted by molar-refractivity contribution is 6.13. The van der Waals surface area contributed by atoms with Crippen LogP contribution in [0.5, 0.6) is 0 Å². The minimum Gasteiger partial charge on any atom is -0.455 e. The largest absolute Gasteiger partial charge is 0.455 e. The fourth-order valence-corrected chi connectivity index (χ4v) is 6.61. The summed E-state index contributed by atoms with van der Waals surface area (Å²) in [5, 5.41) is 1.84. The zero-order valence-electron chi connectivity index (χ0n) is 30.4. The predicted octanol–water partition coefficient (Wildman–Crippen LogP) is 10.3. The molecule has 0 radical (unpaired) electrons. The van der Waals surface area contributed by atoms with Gasteiger partial charge in [0.25, 0.3) is 5.82 Å². The summed E-state index contributed by atoms with van der Waals surface area (Å²) >= 11 is 0. The number of furan rings is 1. The van der Waals surface area contributed by atoms with Gasteiger partial charge in [-0.25, -0.2) is 4.57 Å². The number of hydrogen-bond acceptors (Lipinski definition) is 1. The molecule has 3 heteroatoms. The highest BCUT2D eigenvalue weighted by Crippen LogP contribution is 2.44. The molecule has 0 atom stereocenters. The van der Waals surface area contributed by atoms with E-state index in [0.29, 0.717) is 22.5 Å². The number of nitrogens with zero attached hydrogens (tertiary/aromatic N) is 2. The molecule has 0 aliphatic heterocycles. The van der Waals surface area contributed by atoms with Gasteiger partial charge in [0.15, 0.2) is 16.6 Å². The molecule has 0 bridgehead atoms. The van der Waals surface area contributed by atoms with E-state index in [1.54, 1.807) is 0 Å². The van der Waals surface area contributed by atoms with Crippen molar-refractivity contribution in [2.24, 2.45) is 7.05 Å². The monoisotopic (exact) mass is 575 g/mol. The summed E-state index contributed by atoms with van der Waals surface area (Å²) in [6.45, 7) is -3.15. The zero-order chi connectivity index (χ0) is 34.9. The van der Waals surface area contributed by atoms with Crippen LogP contribution in [0.15, 0.2) is 132 Å². The Kier molecular flexibility index (Phi) is 4.70. The second-order valence-corrected chi connectivity index (χ2v) is 11.3. The van der Waals surface area contributed by atoms with Gasteiger partial charge in [-0.05, 0) is 89.9 Å². The van der Waals surface area contributed by atoms with Gasteiger partial charge in [0.2, 0.25) is 0 Å². The lowest BCUT2D eigenvalue weighted by Gasteiger charge is -2.14. The van der Waals surface area contributed by atoms with Crippen molar-refractivity contribution in [2.75, 3.05) is 0 Å². The fraction of sp³-hybridized carbons (Fsp3) is 0.0976. The Morgan fingerprint density at radius 1 is 0.659 bits per heavy atom. The van der Waals surface area contributed by atoms with Gasteiger partial charge in [0.1, 0.15) is 16.8 Å². The van der Waals surface area contributed by atoms with Crippen molar-refractivity contribution in [2.45, 2.75) is 20.6 Å². The van der Waals surface area contributed by atoms with Gasteiger partial charge in [-0.15, -0.1) is 0 Å². The standard InChI is InChI=1S/C41H33N2O/c1-26-14-13-15-27(2)39(26)43-36-21-12-11-20-35(36)42(4)41(43)38-28(3)32(30-18-9-6-10-19-30)25-34-33-24-31(29-16-7-5-8-17-29)22-23-37(33)44-40(34)38/h5-25H,1-4H3/q+1/i1D3,2D3. The van der Waals surface area contributed by atoms with E-state index < -0.39 is 13.7 Å². The van der Waals surface area contributed by atoms with Crippen LogP contribution in [0.25, 0.3) is 72.3 Å². The summed E-state index contributed by atoms with van der Waals surface area (Å²) in [4.78, 5) is 0. The van der Waals surface area contributed by atoms with E-state index in [-0.39, 0.29) is 16.8 Å². The Balaban J connectivity index is 1.57. The maximum absolute atomic E-state index is 8.55. The second-order valence-electron chi connectivity index (χ2n) is 11.3. The molecular formula is C41H33N2O+. The van der Waals surface area contributed by atoms with Crippen LogP contribution < -0.4 is 4.57 Å². The third-order valence-corrected chi connectivity index (χ3v) is 8.71. The summed E-state index contributed by atoms with van der Waals surface area (Å²) < 4.78 is 61.9. The first kappa shape index (κ1) is 20.5. The van der Waals surface area contributed by atoms with Crippen LogP contribution in [-0.4, -0.2) is 4.57 Å². The van der Waals surface area contributed by atoms with E-state index in [9.17, 15) is 0 Å². The molecule has 0 amide bonds. The lowest BCUT2D eigenvalue weighted by Crippen LogP contribution is -2.30.